The maximum atomic E-state index is 12.3. The average molecular weight is 284 g/mol. The van der Waals surface area contributed by atoms with E-state index in [0.29, 0.717) is 0 Å². The van der Waals surface area contributed by atoms with E-state index in [9.17, 15) is 8.42 Å². The van der Waals surface area contributed by atoms with Gasteiger partial charge in [0.1, 0.15) is 0 Å². The SMILES string of the molecule is CCCC(C)(C)NS(=O)(=O)c1ccc(C(C)N)cc1. The molecule has 0 aliphatic carbocycles. The van der Waals surface area contributed by atoms with Crippen LogP contribution in [0.2, 0.25) is 0 Å². The van der Waals surface area contributed by atoms with Crippen LogP contribution in [0.4, 0.5) is 0 Å². The van der Waals surface area contributed by atoms with Crippen LogP contribution in [0.25, 0.3) is 0 Å². The molecule has 1 unspecified atom stereocenters. The second-order valence-corrected chi connectivity index (χ2v) is 7.28. The Balaban J connectivity index is 2.94. The van der Waals surface area contributed by atoms with Crippen molar-refractivity contribution >= 4 is 10.0 Å². The van der Waals surface area contributed by atoms with Gasteiger partial charge in [-0.05, 0) is 44.9 Å². The van der Waals surface area contributed by atoms with Gasteiger partial charge in [-0.15, -0.1) is 0 Å². The van der Waals surface area contributed by atoms with Gasteiger partial charge in [-0.1, -0.05) is 25.5 Å². The van der Waals surface area contributed by atoms with Gasteiger partial charge in [0.05, 0.1) is 4.90 Å². The Hall–Kier alpha value is -0.910. The first-order valence-corrected chi connectivity index (χ1v) is 8.06. The lowest BCUT2D eigenvalue weighted by Gasteiger charge is -2.25. The maximum Gasteiger partial charge on any atom is 0.241 e. The molecule has 1 atom stereocenters. The van der Waals surface area contributed by atoms with E-state index in [1.54, 1.807) is 24.3 Å². The topological polar surface area (TPSA) is 72.2 Å². The van der Waals surface area contributed by atoms with Gasteiger partial charge >= 0.3 is 0 Å². The van der Waals surface area contributed by atoms with Gasteiger partial charge in [-0.25, -0.2) is 13.1 Å². The van der Waals surface area contributed by atoms with E-state index in [2.05, 4.69) is 4.72 Å². The minimum Gasteiger partial charge on any atom is -0.324 e. The van der Waals surface area contributed by atoms with Gasteiger partial charge in [-0.3, -0.25) is 0 Å². The van der Waals surface area contributed by atoms with Crippen LogP contribution in [0.5, 0.6) is 0 Å². The summed E-state index contributed by atoms with van der Waals surface area (Å²) in [5.41, 5.74) is 6.23. The Morgan fingerprint density at radius 1 is 1.26 bits per heavy atom. The summed E-state index contributed by atoms with van der Waals surface area (Å²) in [4.78, 5) is 0.279. The second kappa shape index (κ2) is 6.03. The summed E-state index contributed by atoms with van der Waals surface area (Å²) < 4.78 is 27.3. The summed E-state index contributed by atoms with van der Waals surface area (Å²) in [6, 6.07) is 6.62. The average Bonchev–Trinajstić information content (AvgIpc) is 2.27. The molecule has 0 spiro atoms. The fraction of sp³-hybridized carbons (Fsp3) is 0.571. The van der Waals surface area contributed by atoms with Crippen LogP contribution >= 0.6 is 0 Å². The summed E-state index contributed by atoms with van der Waals surface area (Å²) in [5, 5.41) is 0. The molecule has 19 heavy (non-hydrogen) atoms. The third kappa shape index (κ3) is 4.60. The molecule has 108 valence electrons. The molecule has 0 radical (unpaired) electrons. The Morgan fingerprint density at radius 3 is 2.21 bits per heavy atom. The normalized spacial score (nSPS) is 14.4. The molecular formula is C14H24N2O2S. The molecule has 0 saturated carbocycles. The van der Waals surface area contributed by atoms with Crippen molar-refractivity contribution < 1.29 is 8.42 Å². The third-order valence-electron chi connectivity index (χ3n) is 3.00. The summed E-state index contributed by atoms with van der Waals surface area (Å²) in [5.74, 6) is 0. The molecular weight excluding hydrogens is 260 g/mol. The summed E-state index contributed by atoms with van der Waals surface area (Å²) in [6.07, 6.45) is 1.73. The molecule has 1 rings (SSSR count). The molecule has 1 aromatic rings. The summed E-state index contributed by atoms with van der Waals surface area (Å²) in [7, 11) is -3.47. The Labute approximate surface area is 116 Å². The lowest BCUT2D eigenvalue weighted by atomic mass is 10.0. The molecule has 4 nitrogen and oxygen atoms in total. The van der Waals surface area contributed by atoms with E-state index in [0.717, 1.165) is 18.4 Å². The summed E-state index contributed by atoms with van der Waals surface area (Å²) in [6.45, 7) is 7.69. The predicted octanol–water partition coefficient (Wildman–Crippen LogP) is 2.56. The van der Waals surface area contributed by atoms with Gasteiger partial charge in [0.2, 0.25) is 10.0 Å². The van der Waals surface area contributed by atoms with Crippen LogP contribution in [0.1, 0.15) is 52.1 Å². The van der Waals surface area contributed by atoms with Crippen LogP contribution in [-0.4, -0.2) is 14.0 Å². The predicted molar refractivity (Wildman–Crippen MR) is 78.4 cm³/mol. The van der Waals surface area contributed by atoms with E-state index in [1.807, 2.05) is 27.7 Å². The van der Waals surface area contributed by atoms with E-state index < -0.39 is 15.6 Å². The van der Waals surface area contributed by atoms with Crippen LogP contribution in [0.15, 0.2) is 29.2 Å². The van der Waals surface area contributed by atoms with Crippen molar-refractivity contribution in [1.29, 1.82) is 0 Å². The summed E-state index contributed by atoms with van der Waals surface area (Å²) >= 11 is 0. The Kier molecular flexibility index (Phi) is 5.12. The van der Waals surface area contributed by atoms with Crippen molar-refractivity contribution in [1.82, 2.24) is 4.72 Å². The smallest absolute Gasteiger partial charge is 0.241 e. The third-order valence-corrected chi connectivity index (χ3v) is 4.72. The van der Waals surface area contributed by atoms with Crippen molar-refractivity contribution in [2.45, 2.75) is 57.0 Å². The monoisotopic (exact) mass is 284 g/mol. The van der Waals surface area contributed by atoms with Crippen molar-refractivity contribution in [2.24, 2.45) is 5.73 Å². The first-order chi connectivity index (χ1) is 8.68. The molecule has 5 heteroatoms. The van der Waals surface area contributed by atoms with Crippen LogP contribution in [-0.2, 0) is 10.0 Å². The number of hydrogen-bond acceptors (Lipinski definition) is 3. The van der Waals surface area contributed by atoms with Crippen LogP contribution < -0.4 is 10.5 Å². The Morgan fingerprint density at radius 2 is 1.79 bits per heavy atom. The zero-order valence-electron chi connectivity index (χ0n) is 12.1. The first kappa shape index (κ1) is 16.1. The van der Waals surface area contributed by atoms with Gasteiger partial charge < -0.3 is 5.73 Å². The van der Waals surface area contributed by atoms with E-state index in [1.165, 1.54) is 0 Å². The highest BCUT2D eigenvalue weighted by molar-refractivity contribution is 7.89. The quantitative estimate of drug-likeness (QED) is 0.843. The fourth-order valence-electron chi connectivity index (χ4n) is 2.05. The molecule has 0 amide bonds. The van der Waals surface area contributed by atoms with Crippen molar-refractivity contribution in [2.75, 3.05) is 0 Å². The molecule has 3 N–H and O–H groups in total. The number of nitrogens with two attached hydrogens (primary N) is 1. The fourth-order valence-corrected chi connectivity index (χ4v) is 3.49. The van der Waals surface area contributed by atoms with E-state index >= 15 is 0 Å². The maximum absolute atomic E-state index is 12.3. The lowest BCUT2D eigenvalue weighted by Crippen LogP contribution is -2.43. The number of rotatable bonds is 6. The van der Waals surface area contributed by atoms with E-state index in [-0.39, 0.29) is 10.9 Å². The van der Waals surface area contributed by atoms with Crippen LogP contribution in [0.3, 0.4) is 0 Å². The molecule has 0 fully saturated rings. The van der Waals surface area contributed by atoms with Gasteiger partial charge in [0, 0.05) is 11.6 Å². The highest BCUT2D eigenvalue weighted by Gasteiger charge is 2.25. The highest BCUT2D eigenvalue weighted by atomic mass is 32.2. The van der Waals surface area contributed by atoms with Crippen molar-refractivity contribution in [3.8, 4) is 0 Å². The zero-order chi connectivity index (χ0) is 14.7. The molecule has 0 aromatic heterocycles. The first-order valence-electron chi connectivity index (χ1n) is 6.57. The van der Waals surface area contributed by atoms with E-state index in [4.69, 9.17) is 5.73 Å². The standard InChI is InChI=1S/C14H24N2O2S/c1-5-10-14(3,4)16-19(17,18)13-8-6-12(7-9-13)11(2)15/h6-9,11,16H,5,10,15H2,1-4H3. The highest BCUT2D eigenvalue weighted by Crippen LogP contribution is 2.18. The molecule has 0 aliphatic heterocycles. The van der Waals surface area contributed by atoms with Crippen molar-refractivity contribution in [3.05, 3.63) is 29.8 Å². The van der Waals surface area contributed by atoms with Crippen molar-refractivity contribution in [3.63, 3.8) is 0 Å². The van der Waals surface area contributed by atoms with Gasteiger partial charge in [-0.2, -0.15) is 0 Å². The zero-order valence-corrected chi connectivity index (χ0v) is 12.9. The molecule has 0 bridgehead atoms. The minimum atomic E-state index is -3.47. The van der Waals surface area contributed by atoms with Gasteiger partial charge in [0.25, 0.3) is 0 Å². The molecule has 1 aromatic carbocycles. The number of hydrogen-bond donors (Lipinski definition) is 2. The molecule has 0 aliphatic rings. The minimum absolute atomic E-state index is 0.0961. The number of sulfonamides is 1. The number of benzene rings is 1. The lowest BCUT2D eigenvalue weighted by molar-refractivity contribution is 0.418. The second-order valence-electron chi connectivity index (χ2n) is 5.60. The van der Waals surface area contributed by atoms with Crippen LogP contribution in [0, 0.1) is 0 Å². The Bertz CT molecular complexity index is 505. The molecule has 0 saturated heterocycles. The molecule has 0 heterocycles. The van der Waals surface area contributed by atoms with Gasteiger partial charge in [0.15, 0.2) is 0 Å². The largest absolute Gasteiger partial charge is 0.324 e. The number of nitrogens with one attached hydrogen (secondary N) is 1.